The third-order valence-corrected chi connectivity index (χ3v) is 8.84. The van der Waals surface area contributed by atoms with Crippen LogP contribution in [0.2, 0.25) is 18.1 Å². The lowest BCUT2D eigenvalue weighted by atomic mass is 10.0. The van der Waals surface area contributed by atoms with E-state index in [1.54, 1.807) is 0 Å². The van der Waals surface area contributed by atoms with Gasteiger partial charge in [-0.1, -0.05) is 34.1 Å². The fourth-order valence-electron chi connectivity index (χ4n) is 1.87. The number of hydrogen-bond acceptors (Lipinski definition) is 2. The SMILES string of the molecule is CC[C@@H]1CN[C@H](CO[Si](C)(C)C(C)(C)C)C1. The van der Waals surface area contributed by atoms with E-state index in [4.69, 9.17) is 4.43 Å². The number of hydrogen-bond donors (Lipinski definition) is 1. The van der Waals surface area contributed by atoms with Gasteiger partial charge in [0, 0.05) is 12.6 Å². The molecule has 1 heterocycles. The van der Waals surface area contributed by atoms with Crippen molar-refractivity contribution in [1.29, 1.82) is 0 Å². The Labute approximate surface area is 102 Å². The van der Waals surface area contributed by atoms with Crippen molar-refractivity contribution in [2.24, 2.45) is 5.92 Å². The van der Waals surface area contributed by atoms with Gasteiger partial charge in [0.1, 0.15) is 0 Å². The van der Waals surface area contributed by atoms with E-state index in [2.05, 4.69) is 46.1 Å². The summed E-state index contributed by atoms with van der Waals surface area (Å²) in [6, 6.07) is 0.596. The molecule has 1 aliphatic rings. The second-order valence-corrected chi connectivity index (χ2v) is 11.5. The van der Waals surface area contributed by atoms with Gasteiger partial charge < -0.3 is 9.74 Å². The molecular weight excluding hydrogens is 214 g/mol. The number of rotatable bonds is 4. The first-order valence-corrected chi connectivity index (χ1v) is 9.54. The topological polar surface area (TPSA) is 21.3 Å². The zero-order valence-electron chi connectivity index (χ0n) is 11.9. The first-order valence-electron chi connectivity index (χ1n) is 6.63. The van der Waals surface area contributed by atoms with Crippen LogP contribution in [0.25, 0.3) is 0 Å². The molecule has 1 aliphatic heterocycles. The van der Waals surface area contributed by atoms with Crippen molar-refractivity contribution in [3.05, 3.63) is 0 Å². The van der Waals surface area contributed by atoms with Gasteiger partial charge in [-0.15, -0.1) is 0 Å². The summed E-state index contributed by atoms with van der Waals surface area (Å²) in [5.41, 5.74) is 0. The highest BCUT2D eigenvalue weighted by atomic mass is 28.4. The molecule has 0 amide bonds. The number of nitrogens with one attached hydrogen (secondary N) is 1. The van der Waals surface area contributed by atoms with Crippen LogP contribution in [0.15, 0.2) is 0 Å². The summed E-state index contributed by atoms with van der Waals surface area (Å²) in [6.07, 6.45) is 2.59. The van der Waals surface area contributed by atoms with Crippen molar-refractivity contribution in [3.63, 3.8) is 0 Å². The molecule has 0 bridgehead atoms. The fraction of sp³-hybridized carbons (Fsp3) is 1.00. The van der Waals surface area contributed by atoms with Gasteiger partial charge in [-0.05, 0) is 37.0 Å². The van der Waals surface area contributed by atoms with E-state index in [9.17, 15) is 0 Å². The lowest BCUT2D eigenvalue weighted by Crippen LogP contribution is -2.43. The van der Waals surface area contributed by atoms with E-state index in [1.165, 1.54) is 19.4 Å². The maximum atomic E-state index is 6.25. The van der Waals surface area contributed by atoms with Crippen LogP contribution in [-0.4, -0.2) is 27.5 Å². The molecule has 1 N–H and O–H groups in total. The Morgan fingerprint density at radius 2 is 1.94 bits per heavy atom. The normalized spacial score (nSPS) is 27.4. The van der Waals surface area contributed by atoms with E-state index in [-0.39, 0.29) is 0 Å². The van der Waals surface area contributed by atoms with Crippen molar-refractivity contribution in [2.45, 2.75) is 64.7 Å². The average molecular weight is 243 g/mol. The molecule has 3 heteroatoms. The highest BCUT2D eigenvalue weighted by Gasteiger charge is 2.38. The molecule has 0 aromatic rings. The molecule has 0 aliphatic carbocycles. The zero-order valence-corrected chi connectivity index (χ0v) is 12.9. The standard InChI is InChI=1S/C13H29NOSi/c1-7-11-8-12(14-9-11)10-15-16(5,6)13(2,3)4/h11-12,14H,7-10H2,1-6H3/t11-,12-/m0/s1. The van der Waals surface area contributed by atoms with Crippen LogP contribution in [0.4, 0.5) is 0 Å². The molecule has 2 nitrogen and oxygen atoms in total. The minimum Gasteiger partial charge on any atom is -0.415 e. The summed E-state index contributed by atoms with van der Waals surface area (Å²) in [7, 11) is -1.54. The average Bonchev–Trinajstić information content (AvgIpc) is 2.60. The summed E-state index contributed by atoms with van der Waals surface area (Å²) in [5.74, 6) is 0.869. The highest BCUT2D eigenvalue weighted by molar-refractivity contribution is 6.74. The molecule has 0 saturated carbocycles. The second kappa shape index (κ2) is 5.19. The Bertz CT molecular complexity index is 222. The highest BCUT2D eigenvalue weighted by Crippen LogP contribution is 2.36. The third kappa shape index (κ3) is 3.57. The van der Waals surface area contributed by atoms with Crippen molar-refractivity contribution in [3.8, 4) is 0 Å². The molecule has 1 saturated heterocycles. The summed E-state index contributed by atoms with van der Waals surface area (Å²) < 4.78 is 6.25. The van der Waals surface area contributed by atoms with Gasteiger partial charge in [0.05, 0.1) is 0 Å². The molecule has 1 fully saturated rings. The van der Waals surface area contributed by atoms with Gasteiger partial charge in [0.25, 0.3) is 0 Å². The lowest BCUT2D eigenvalue weighted by molar-refractivity contribution is 0.251. The Kier molecular flexibility index (Phi) is 4.61. The fourth-order valence-corrected chi connectivity index (χ4v) is 2.92. The molecule has 2 atom stereocenters. The third-order valence-electron chi connectivity index (χ3n) is 4.34. The zero-order chi connectivity index (χ0) is 12.4. The van der Waals surface area contributed by atoms with Gasteiger partial charge in [-0.2, -0.15) is 0 Å². The van der Waals surface area contributed by atoms with Gasteiger partial charge in [-0.3, -0.25) is 0 Å². The summed E-state index contributed by atoms with van der Waals surface area (Å²) in [4.78, 5) is 0. The van der Waals surface area contributed by atoms with Crippen LogP contribution >= 0.6 is 0 Å². The summed E-state index contributed by atoms with van der Waals surface area (Å²) in [5, 5.41) is 3.91. The van der Waals surface area contributed by atoms with E-state index in [0.29, 0.717) is 11.1 Å². The molecule has 0 spiro atoms. The van der Waals surface area contributed by atoms with Crippen LogP contribution in [0, 0.1) is 5.92 Å². The van der Waals surface area contributed by atoms with Crippen molar-refractivity contribution < 1.29 is 4.43 Å². The second-order valence-electron chi connectivity index (χ2n) is 6.69. The first kappa shape index (κ1) is 14.2. The van der Waals surface area contributed by atoms with Gasteiger partial charge in [0.15, 0.2) is 8.32 Å². The van der Waals surface area contributed by atoms with Crippen molar-refractivity contribution in [1.82, 2.24) is 5.32 Å². The van der Waals surface area contributed by atoms with Crippen molar-refractivity contribution >= 4 is 8.32 Å². The maximum Gasteiger partial charge on any atom is 0.192 e. The lowest BCUT2D eigenvalue weighted by Gasteiger charge is -2.37. The predicted molar refractivity (Wildman–Crippen MR) is 73.3 cm³/mol. The van der Waals surface area contributed by atoms with E-state index < -0.39 is 8.32 Å². The van der Waals surface area contributed by atoms with Gasteiger partial charge >= 0.3 is 0 Å². The van der Waals surface area contributed by atoms with Crippen LogP contribution in [0.3, 0.4) is 0 Å². The van der Waals surface area contributed by atoms with Crippen LogP contribution in [0.5, 0.6) is 0 Å². The minimum atomic E-state index is -1.54. The molecule has 0 aromatic carbocycles. The Hall–Kier alpha value is 0.137. The predicted octanol–water partition coefficient (Wildman–Crippen LogP) is 3.40. The molecule has 1 rings (SSSR count). The van der Waals surface area contributed by atoms with Crippen LogP contribution in [0.1, 0.15) is 40.5 Å². The smallest absolute Gasteiger partial charge is 0.192 e. The molecule has 16 heavy (non-hydrogen) atoms. The maximum absolute atomic E-state index is 6.25. The molecule has 0 radical (unpaired) electrons. The molecule has 0 unspecified atom stereocenters. The monoisotopic (exact) mass is 243 g/mol. The summed E-state index contributed by atoms with van der Waals surface area (Å²) in [6.45, 7) is 15.9. The summed E-state index contributed by atoms with van der Waals surface area (Å²) >= 11 is 0. The molecular formula is C13H29NOSi. The Balaban J connectivity index is 2.35. The minimum absolute atomic E-state index is 0.329. The van der Waals surface area contributed by atoms with E-state index in [0.717, 1.165) is 12.5 Å². The quantitative estimate of drug-likeness (QED) is 0.764. The first-order chi connectivity index (χ1) is 7.26. The Morgan fingerprint density at radius 1 is 1.31 bits per heavy atom. The van der Waals surface area contributed by atoms with Gasteiger partial charge in [-0.25, -0.2) is 0 Å². The molecule has 0 aromatic heterocycles. The molecule has 96 valence electrons. The van der Waals surface area contributed by atoms with Crippen LogP contribution in [-0.2, 0) is 4.43 Å². The largest absolute Gasteiger partial charge is 0.415 e. The van der Waals surface area contributed by atoms with Crippen LogP contribution < -0.4 is 5.32 Å². The van der Waals surface area contributed by atoms with Gasteiger partial charge in [0.2, 0.25) is 0 Å². The van der Waals surface area contributed by atoms with E-state index >= 15 is 0 Å². The van der Waals surface area contributed by atoms with Crippen molar-refractivity contribution in [2.75, 3.05) is 13.2 Å². The Morgan fingerprint density at radius 3 is 2.38 bits per heavy atom. The van der Waals surface area contributed by atoms with E-state index in [1.807, 2.05) is 0 Å².